The molecule has 2 heterocycles. The van der Waals surface area contributed by atoms with Crippen LogP contribution in [0.4, 0.5) is 17.6 Å². The van der Waals surface area contributed by atoms with Gasteiger partial charge in [0.2, 0.25) is 11.9 Å². The molecule has 3 aromatic rings. The number of aromatic nitrogens is 3. The lowest BCUT2D eigenvalue weighted by Crippen LogP contribution is -2.54. The fraction of sp³-hybridized carbons (Fsp3) is 0.227. The van der Waals surface area contributed by atoms with Crippen LogP contribution < -0.4 is 20.3 Å². The molecule has 0 atom stereocenters. The maximum atomic E-state index is 11.8. The molecular formula is C22H21N7O2. The highest BCUT2D eigenvalue weighted by atomic mass is 16.5. The Hall–Kier alpha value is -4.19. The van der Waals surface area contributed by atoms with Crippen LogP contribution in [0.2, 0.25) is 0 Å². The zero-order valence-electron chi connectivity index (χ0n) is 16.9. The third-order valence-electron chi connectivity index (χ3n) is 4.81. The van der Waals surface area contributed by atoms with Gasteiger partial charge in [0.25, 0.3) is 5.91 Å². The molecule has 156 valence electrons. The minimum atomic E-state index is -0.161. The molecule has 0 radical (unpaired) electrons. The van der Waals surface area contributed by atoms with Crippen molar-refractivity contribution in [3.63, 3.8) is 0 Å². The van der Waals surface area contributed by atoms with Crippen LogP contribution in [0.3, 0.4) is 0 Å². The molecule has 9 nitrogen and oxygen atoms in total. The molecule has 2 N–H and O–H groups in total. The van der Waals surface area contributed by atoms with Crippen LogP contribution in [0.15, 0.2) is 54.9 Å². The average Bonchev–Trinajstić information content (AvgIpc) is 2.77. The lowest BCUT2D eigenvalue weighted by atomic mass is 10.1. The van der Waals surface area contributed by atoms with Crippen molar-refractivity contribution < 1.29 is 9.53 Å². The van der Waals surface area contributed by atoms with Crippen LogP contribution in [0.1, 0.15) is 15.9 Å². The fourth-order valence-electron chi connectivity index (χ4n) is 3.16. The number of ether oxygens (including phenoxy) is 1. The van der Waals surface area contributed by atoms with Crippen molar-refractivity contribution in [3.8, 4) is 11.8 Å². The van der Waals surface area contributed by atoms with Crippen molar-refractivity contribution in [2.24, 2.45) is 0 Å². The highest BCUT2D eigenvalue weighted by molar-refractivity contribution is 5.95. The lowest BCUT2D eigenvalue weighted by Gasteiger charge is -2.38. The molecule has 31 heavy (non-hydrogen) atoms. The van der Waals surface area contributed by atoms with Gasteiger partial charge in [0.1, 0.15) is 18.2 Å². The maximum absolute atomic E-state index is 11.8. The number of nitrogens with one attached hydrogen (secondary N) is 2. The van der Waals surface area contributed by atoms with Crippen LogP contribution in [0, 0.1) is 11.3 Å². The van der Waals surface area contributed by atoms with Crippen LogP contribution in [-0.4, -0.2) is 47.1 Å². The predicted octanol–water partition coefficient (Wildman–Crippen LogP) is 2.31. The first kappa shape index (κ1) is 20.1. The van der Waals surface area contributed by atoms with Gasteiger partial charge in [-0.15, -0.1) is 0 Å². The van der Waals surface area contributed by atoms with E-state index in [0.29, 0.717) is 42.7 Å². The van der Waals surface area contributed by atoms with E-state index in [2.05, 4.69) is 31.7 Å². The molecule has 0 unspecified atom stereocenters. The summed E-state index contributed by atoms with van der Waals surface area (Å²) in [6.07, 6.45) is 1.89. The number of rotatable bonds is 7. The Kier molecular flexibility index (Phi) is 5.89. The number of carbonyl (C=O) groups is 1. The summed E-state index contributed by atoms with van der Waals surface area (Å²) in [6, 6.07) is 16.8. The first-order chi connectivity index (χ1) is 15.1. The van der Waals surface area contributed by atoms with E-state index in [0.717, 1.165) is 11.3 Å². The summed E-state index contributed by atoms with van der Waals surface area (Å²) >= 11 is 0. The average molecular weight is 415 g/mol. The molecule has 9 heteroatoms. The Morgan fingerprint density at radius 3 is 2.77 bits per heavy atom. The number of nitriles is 1. The largest absolute Gasteiger partial charge is 0.487 e. The van der Waals surface area contributed by atoms with E-state index in [1.807, 2.05) is 35.2 Å². The summed E-state index contributed by atoms with van der Waals surface area (Å²) in [5, 5.41) is 14.5. The first-order valence-electron chi connectivity index (χ1n) is 9.80. The number of nitrogens with zero attached hydrogens (tertiary/aromatic N) is 5. The molecule has 1 saturated heterocycles. The zero-order valence-corrected chi connectivity index (χ0v) is 16.9. The highest BCUT2D eigenvalue weighted by Crippen LogP contribution is 2.23. The number of benzene rings is 2. The minimum absolute atomic E-state index is 0.0410. The standard InChI is InChI=1S/C22H21N7O2/c1-24-20(30)16-3-2-4-17(11-16)27-21-25-14-26-22(28-21)29-12-19(13-29)31-18-7-5-15(6-8-18)9-10-23/h2-8,11,14,19H,9,12-13H2,1H3,(H,24,30)(H,25,26,27,28). The second-order valence-electron chi connectivity index (χ2n) is 7.02. The number of hydrogen-bond donors (Lipinski definition) is 2. The number of anilines is 3. The van der Waals surface area contributed by atoms with Gasteiger partial charge in [-0.1, -0.05) is 18.2 Å². The molecule has 1 aromatic heterocycles. The van der Waals surface area contributed by atoms with Gasteiger partial charge >= 0.3 is 0 Å². The Bertz CT molecular complexity index is 1110. The smallest absolute Gasteiger partial charge is 0.251 e. The van der Waals surface area contributed by atoms with Crippen LogP contribution in [0.5, 0.6) is 5.75 Å². The summed E-state index contributed by atoms with van der Waals surface area (Å²) < 4.78 is 5.96. The Morgan fingerprint density at radius 1 is 1.23 bits per heavy atom. The van der Waals surface area contributed by atoms with E-state index >= 15 is 0 Å². The van der Waals surface area contributed by atoms with E-state index in [4.69, 9.17) is 10.00 Å². The molecule has 1 fully saturated rings. The van der Waals surface area contributed by atoms with Gasteiger partial charge in [0, 0.05) is 18.3 Å². The summed E-state index contributed by atoms with van der Waals surface area (Å²) in [7, 11) is 1.59. The molecule has 0 aliphatic carbocycles. The molecule has 0 bridgehead atoms. The summed E-state index contributed by atoms with van der Waals surface area (Å²) in [4.78, 5) is 26.7. The van der Waals surface area contributed by atoms with Gasteiger partial charge < -0.3 is 20.3 Å². The molecular weight excluding hydrogens is 394 g/mol. The van der Waals surface area contributed by atoms with Crippen LogP contribution in [-0.2, 0) is 6.42 Å². The van der Waals surface area contributed by atoms with Crippen LogP contribution in [0.25, 0.3) is 0 Å². The number of hydrogen-bond acceptors (Lipinski definition) is 8. The Balaban J connectivity index is 1.34. The van der Waals surface area contributed by atoms with E-state index in [1.54, 1.807) is 25.2 Å². The van der Waals surface area contributed by atoms with Gasteiger partial charge in [-0.25, -0.2) is 9.97 Å². The maximum Gasteiger partial charge on any atom is 0.251 e. The van der Waals surface area contributed by atoms with Crippen molar-refractivity contribution >= 4 is 23.5 Å². The SMILES string of the molecule is CNC(=O)c1cccc(Nc2ncnc(N3CC(Oc4ccc(CC#N)cc4)C3)n2)c1. The first-order valence-corrected chi connectivity index (χ1v) is 9.80. The van der Waals surface area contributed by atoms with Gasteiger partial charge in [0.15, 0.2) is 0 Å². The quantitative estimate of drug-likeness (QED) is 0.604. The monoisotopic (exact) mass is 415 g/mol. The van der Waals surface area contributed by atoms with Crippen molar-refractivity contribution in [1.82, 2.24) is 20.3 Å². The second-order valence-corrected chi connectivity index (χ2v) is 7.02. The van der Waals surface area contributed by atoms with Crippen molar-refractivity contribution in [2.75, 3.05) is 30.4 Å². The van der Waals surface area contributed by atoms with E-state index < -0.39 is 0 Å². The van der Waals surface area contributed by atoms with Crippen LogP contribution >= 0.6 is 0 Å². The lowest BCUT2D eigenvalue weighted by molar-refractivity contribution is 0.0963. The van der Waals surface area contributed by atoms with Gasteiger partial charge in [-0.3, -0.25) is 4.79 Å². The molecule has 1 aliphatic heterocycles. The number of amides is 1. The molecule has 0 spiro atoms. The molecule has 0 saturated carbocycles. The summed E-state index contributed by atoms with van der Waals surface area (Å²) in [5.41, 5.74) is 2.23. The Labute approximate surface area is 179 Å². The van der Waals surface area contributed by atoms with Gasteiger partial charge in [0.05, 0.1) is 25.6 Å². The van der Waals surface area contributed by atoms with Gasteiger partial charge in [-0.2, -0.15) is 10.2 Å². The zero-order chi connectivity index (χ0) is 21.6. The third-order valence-corrected chi connectivity index (χ3v) is 4.81. The molecule has 1 aliphatic rings. The minimum Gasteiger partial charge on any atom is -0.487 e. The van der Waals surface area contributed by atoms with E-state index in [-0.39, 0.29) is 12.0 Å². The fourth-order valence-corrected chi connectivity index (χ4v) is 3.16. The normalized spacial score (nSPS) is 13.1. The Morgan fingerprint density at radius 2 is 2.03 bits per heavy atom. The predicted molar refractivity (Wildman–Crippen MR) is 115 cm³/mol. The molecule has 2 aromatic carbocycles. The van der Waals surface area contributed by atoms with Crippen molar-refractivity contribution in [2.45, 2.75) is 12.5 Å². The highest BCUT2D eigenvalue weighted by Gasteiger charge is 2.30. The third kappa shape index (κ3) is 4.87. The second kappa shape index (κ2) is 9.09. The summed E-state index contributed by atoms with van der Waals surface area (Å²) in [5.74, 6) is 1.58. The van der Waals surface area contributed by atoms with E-state index in [1.165, 1.54) is 6.33 Å². The van der Waals surface area contributed by atoms with Crippen molar-refractivity contribution in [3.05, 3.63) is 66.0 Å². The van der Waals surface area contributed by atoms with E-state index in [9.17, 15) is 4.79 Å². The number of carbonyl (C=O) groups excluding carboxylic acids is 1. The topological polar surface area (TPSA) is 116 Å². The molecule has 1 amide bonds. The van der Waals surface area contributed by atoms with Gasteiger partial charge in [-0.05, 0) is 35.9 Å². The summed E-state index contributed by atoms with van der Waals surface area (Å²) in [6.45, 7) is 1.32. The van der Waals surface area contributed by atoms with Crippen molar-refractivity contribution in [1.29, 1.82) is 5.26 Å². The molecule has 4 rings (SSSR count).